The lowest BCUT2D eigenvalue weighted by atomic mass is 10.1. The lowest BCUT2D eigenvalue weighted by Gasteiger charge is -2.09. The molecule has 1 aromatic carbocycles. The van der Waals surface area contributed by atoms with Gasteiger partial charge in [-0.3, -0.25) is 14.9 Å². The van der Waals surface area contributed by atoms with Crippen LogP contribution in [0.15, 0.2) is 36.7 Å². The van der Waals surface area contributed by atoms with Crippen LogP contribution < -0.4 is 10.1 Å². The third kappa shape index (κ3) is 4.09. The average Bonchev–Trinajstić information content (AvgIpc) is 3.05. The van der Waals surface area contributed by atoms with Gasteiger partial charge in [-0.2, -0.15) is 5.10 Å². The first kappa shape index (κ1) is 16.8. The maximum absolute atomic E-state index is 12.5. The number of aromatic nitrogens is 3. The minimum absolute atomic E-state index is 0.147. The van der Waals surface area contributed by atoms with Crippen LogP contribution in [-0.4, -0.2) is 34.1 Å². The topological polar surface area (TPSA) is 79.9 Å². The van der Waals surface area contributed by atoms with E-state index in [4.69, 9.17) is 4.74 Å². The number of hydrogen-bond acceptors (Lipinski definition) is 4. The van der Waals surface area contributed by atoms with Crippen molar-refractivity contribution >= 4 is 16.8 Å². The minimum atomic E-state index is -2.55. The van der Waals surface area contributed by atoms with Crippen LogP contribution in [0.5, 0.6) is 5.75 Å². The Bertz CT molecular complexity index is 895. The van der Waals surface area contributed by atoms with Crippen LogP contribution in [0.4, 0.5) is 8.78 Å². The minimum Gasteiger partial charge on any atom is -0.488 e. The van der Waals surface area contributed by atoms with Crippen molar-refractivity contribution in [3.63, 3.8) is 0 Å². The van der Waals surface area contributed by atoms with Crippen LogP contribution in [0.1, 0.15) is 21.6 Å². The highest BCUT2D eigenvalue weighted by Gasteiger charge is 2.13. The largest absolute Gasteiger partial charge is 0.488 e. The van der Waals surface area contributed by atoms with Gasteiger partial charge in [-0.05, 0) is 30.7 Å². The van der Waals surface area contributed by atoms with Crippen molar-refractivity contribution in [2.75, 3.05) is 6.61 Å². The Hall–Kier alpha value is -3.03. The van der Waals surface area contributed by atoms with Crippen molar-refractivity contribution in [3.05, 3.63) is 53.5 Å². The van der Waals surface area contributed by atoms with E-state index in [9.17, 15) is 13.6 Å². The van der Waals surface area contributed by atoms with Crippen LogP contribution in [0.2, 0.25) is 0 Å². The molecule has 2 N–H and O–H groups in total. The van der Waals surface area contributed by atoms with Gasteiger partial charge in [-0.15, -0.1) is 0 Å². The van der Waals surface area contributed by atoms with Gasteiger partial charge in [0.2, 0.25) is 0 Å². The first-order valence-corrected chi connectivity index (χ1v) is 7.61. The van der Waals surface area contributed by atoms with E-state index >= 15 is 0 Å². The van der Waals surface area contributed by atoms with Crippen molar-refractivity contribution in [2.45, 2.75) is 19.9 Å². The van der Waals surface area contributed by atoms with E-state index in [2.05, 4.69) is 20.5 Å². The van der Waals surface area contributed by atoms with Crippen LogP contribution in [0, 0.1) is 6.92 Å². The Morgan fingerprint density at radius 1 is 1.36 bits per heavy atom. The number of aryl methyl sites for hydroxylation is 1. The molecule has 0 aliphatic rings. The molecule has 3 aromatic rings. The van der Waals surface area contributed by atoms with Crippen molar-refractivity contribution in [3.8, 4) is 5.75 Å². The van der Waals surface area contributed by atoms with Gasteiger partial charge in [0.15, 0.2) is 0 Å². The second-order valence-corrected chi connectivity index (χ2v) is 5.51. The second-order valence-electron chi connectivity index (χ2n) is 5.51. The predicted octanol–water partition coefficient (Wildman–Crippen LogP) is 2.84. The lowest BCUT2D eigenvalue weighted by Crippen LogP contribution is -2.23. The second kappa shape index (κ2) is 7.25. The zero-order valence-electron chi connectivity index (χ0n) is 13.4. The number of H-pyrrole nitrogens is 1. The number of pyridine rings is 1. The Kier molecular flexibility index (Phi) is 4.87. The van der Waals surface area contributed by atoms with Gasteiger partial charge in [-0.1, -0.05) is 0 Å². The summed E-state index contributed by atoms with van der Waals surface area (Å²) in [5, 5.41) is 10.4. The molecule has 0 unspecified atom stereocenters. The highest BCUT2D eigenvalue weighted by Crippen LogP contribution is 2.19. The highest BCUT2D eigenvalue weighted by atomic mass is 19.3. The smallest absolute Gasteiger partial charge is 0.272 e. The molecule has 0 aliphatic carbocycles. The molecule has 0 radical (unpaired) electrons. The molecule has 8 heteroatoms. The molecule has 25 heavy (non-hydrogen) atoms. The molecule has 3 rings (SSSR count). The molecule has 0 saturated carbocycles. The standard InChI is InChI=1S/C17H16F2N4O2/c1-10-4-11-7-22-23-16(11)14(5-10)17(24)21-8-12-6-13(2-3-20-12)25-9-15(18)19/h2-7,15H,8-9H2,1H3,(H,21,24)(H,22,23). The number of alkyl halides is 2. The predicted molar refractivity (Wildman–Crippen MR) is 87.7 cm³/mol. The monoisotopic (exact) mass is 346 g/mol. The summed E-state index contributed by atoms with van der Waals surface area (Å²) < 4.78 is 29.3. The molecule has 0 atom stereocenters. The van der Waals surface area contributed by atoms with Gasteiger partial charge >= 0.3 is 0 Å². The fraction of sp³-hybridized carbons (Fsp3) is 0.235. The number of carbonyl (C=O) groups is 1. The number of benzene rings is 1. The lowest BCUT2D eigenvalue weighted by molar-refractivity contribution is 0.0818. The Labute approximate surface area is 142 Å². The van der Waals surface area contributed by atoms with Crippen LogP contribution in [0.3, 0.4) is 0 Å². The normalized spacial score (nSPS) is 11.0. The van der Waals surface area contributed by atoms with Gasteiger partial charge in [0.25, 0.3) is 12.3 Å². The number of ether oxygens (including phenoxy) is 1. The third-order valence-electron chi connectivity index (χ3n) is 3.53. The van der Waals surface area contributed by atoms with Gasteiger partial charge < -0.3 is 10.1 Å². The molecule has 6 nitrogen and oxygen atoms in total. The van der Waals surface area contributed by atoms with Gasteiger partial charge in [0.05, 0.1) is 29.5 Å². The Balaban J connectivity index is 1.69. The number of nitrogens with zero attached hydrogens (tertiary/aromatic N) is 2. The van der Waals surface area contributed by atoms with Crippen molar-refractivity contribution < 1.29 is 18.3 Å². The molecule has 0 aliphatic heterocycles. The van der Waals surface area contributed by atoms with E-state index in [1.54, 1.807) is 12.3 Å². The number of rotatable bonds is 6. The van der Waals surface area contributed by atoms with Crippen molar-refractivity contribution in [1.82, 2.24) is 20.5 Å². The third-order valence-corrected chi connectivity index (χ3v) is 3.53. The van der Waals surface area contributed by atoms with E-state index in [0.717, 1.165) is 10.9 Å². The summed E-state index contributed by atoms with van der Waals surface area (Å²) in [7, 11) is 0. The maximum atomic E-state index is 12.5. The molecule has 2 heterocycles. The van der Waals surface area contributed by atoms with E-state index in [1.807, 2.05) is 13.0 Å². The van der Waals surface area contributed by atoms with E-state index in [1.165, 1.54) is 18.3 Å². The Morgan fingerprint density at radius 2 is 2.20 bits per heavy atom. The summed E-state index contributed by atoms with van der Waals surface area (Å²) in [6, 6.07) is 6.71. The summed E-state index contributed by atoms with van der Waals surface area (Å²) in [5.41, 5.74) is 2.59. The number of hydrogen-bond donors (Lipinski definition) is 2. The number of fused-ring (bicyclic) bond motifs is 1. The first-order chi connectivity index (χ1) is 12.0. The molecular formula is C17H16F2N4O2. The number of carbonyl (C=O) groups excluding carboxylic acids is 1. The number of amides is 1. The van der Waals surface area contributed by atoms with E-state index in [0.29, 0.717) is 16.8 Å². The SMILES string of the molecule is Cc1cc(C(=O)NCc2cc(OCC(F)F)ccn2)c2[nH]ncc2c1. The molecule has 0 bridgehead atoms. The zero-order chi connectivity index (χ0) is 17.8. The summed E-state index contributed by atoms with van der Waals surface area (Å²) in [5.74, 6) is 0.00437. The molecule has 0 fully saturated rings. The first-order valence-electron chi connectivity index (χ1n) is 7.61. The molecular weight excluding hydrogens is 330 g/mol. The van der Waals surface area contributed by atoms with Crippen LogP contribution in [0.25, 0.3) is 10.9 Å². The summed E-state index contributed by atoms with van der Waals surface area (Å²) >= 11 is 0. The van der Waals surface area contributed by atoms with Gasteiger partial charge in [0.1, 0.15) is 12.4 Å². The van der Waals surface area contributed by atoms with Gasteiger partial charge in [0, 0.05) is 17.6 Å². The van der Waals surface area contributed by atoms with E-state index < -0.39 is 13.0 Å². The average molecular weight is 346 g/mol. The summed E-state index contributed by atoms with van der Waals surface area (Å²) in [4.78, 5) is 16.6. The number of aromatic amines is 1. The summed E-state index contributed by atoms with van der Waals surface area (Å²) in [6.07, 6.45) is 0.557. The van der Waals surface area contributed by atoms with Crippen molar-refractivity contribution in [2.24, 2.45) is 0 Å². The number of halogens is 2. The molecule has 1 amide bonds. The molecule has 130 valence electrons. The molecule has 2 aromatic heterocycles. The molecule has 0 spiro atoms. The van der Waals surface area contributed by atoms with Crippen LogP contribution in [-0.2, 0) is 6.54 Å². The quantitative estimate of drug-likeness (QED) is 0.719. The van der Waals surface area contributed by atoms with Gasteiger partial charge in [-0.25, -0.2) is 8.78 Å². The summed E-state index contributed by atoms with van der Waals surface area (Å²) in [6.45, 7) is 1.36. The van der Waals surface area contributed by atoms with Crippen LogP contribution >= 0.6 is 0 Å². The highest BCUT2D eigenvalue weighted by molar-refractivity contribution is 6.05. The zero-order valence-corrected chi connectivity index (χ0v) is 13.4. The van der Waals surface area contributed by atoms with E-state index in [-0.39, 0.29) is 18.2 Å². The number of nitrogens with one attached hydrogen (secondary N) is 2. The fourth-order valence-electron chi connectivity index (χ4n) is 2.45. The Morgan fingerprint density at radius 3 is 3.00 bits per heavy atom. The fourth-order valence-corrected chi connectivity index (χ4v) is 2.45. The van der Waals surface area contributed by atoms with Crippen molar-refractivity contribution in [1.29, 1.82) is 0 Å². The molecule has 0 saturated heterocycles. The maximum Gasteiger partial charge on any atom is 0.272 e.